The molecule has 0 heterocycles. The van der Waals surface area contributed by atoms with Crippen LogP contribution >= 0.6 is 11.6 Å². The predicted octanol–water partition coefficient (Wildman–Crippen LogP) is 3.83. The topological polar surface area (TPSA) is 72.5 Å². The number of hydrogen-bond donors (Lipinski definition) is 1. The van der Waals surface area contributed by atoms with Crippen LogP contribution in [0.4, 0.5) is 5.69 Å². The lowest BCUT2D eigenvalue weighted by atomic mass is 9.67. The largest absolute Gasteiger partial charge is 0.455 e. The molecule has 2 bridgehead atoms. The van der Waals surface area contributed by atoms with Crippen LogP contribution in [0.25, 0.3) is 0 Å². The summed E-state index contributed by atoms with van der Waals surface area (Å²) in [6.45, 7) is 3.44. The second kappa shape index (κ2) is 7.78. The molecule has 0 aromatic heterocycles. The molecule has 1 N–H and O–H groups in total. The molecule has 2 atom stereocenters. The molecular formula is C20H24ClNO4. The van der Waals surface area contributed by atoms with Gasteiger partial charge >= 0.3 is 5.97 Å². The van der Waals surface area contributed by atoms with Gasteiger partial charge in [0.15, 0.2) is 6.61 Å². The molecule has 26 heavy (non-hydrogen) atoms. The third-order valence-corrected chi connectivity index (χ3v) is 5.72. The number of nitrogens with one attached hydrogen (secondary N) is 1. The van der Waals surface area contributed by atoms with Gasteiger partial charge < -0.3 is 10.1 Å². The molecule has 140 valence electrons. The molecule has 0 aliphatic heterocycles. The number of hydrogen-bond acceptors (Lipinski definition) is 4. The van der Waals surface area contributed by atoms with Crippen molar-refractivity contribution in [2.45, 2.75) is 46.0 Å². The lowest BCUT2D eigenvalue weighted by Gasteiger charge is -2.36. The number of anilines is 1. The van der Waals surface area contributed by atoms with Crippen LogP contribution in [0.5, 0.6) is 0 Å². The molecule has 2 fully saturated rings. The Morgan fingerprint density at radius 2 is 1.85 bits per heavy atom. The summed E-state index contributed by atoms with van der Waals surface area (Å²) in [6.07, 6.45) is 3.90. The van der Waals surface area contributed by atoms with Gasteiger partial charge in [-0.2, -0.15) is 0 Å². The fourth-order valence-electron chi connectivity index (χ4n) is 4.18. The van der Waals surface area contributed by atoms with Crippen LogP contribution in [0.1, 0.15) is 43.2 Å². The minimum Gasteiger partial charge on any atom is -0.455 e. The number of fused-ring (bicyclic) bond motifs is 2. The van der Waals surface area contributed by atoms with Gasteiger partial charge in [-0.3, -0.25) is 14.4 Å². The monoisotopic (exact) mass is 377 g/mol. The van der Waals surface area contributed by atoms with Crippen molar-refractivity contribution < 1.29 is 19.1 Å². The molecule has 3 rings (SSSR count). The Bertz CT molecular complexity index is 706. The van der Waals surface area contributed by atoms with Crippen molar-refractivity contribution in [2.24, 2.45) is 17.8 Å². The molecular weight excluding hydrogens is 354 g/mol. The fraction of sp³-hybridized carbons (Fsp3) is 0.550. The van der Waals surface area contributed by atoms with E-state index in [9.17, 15) is 14.4 Å². The second-order valence-corrected chi connectivity index (χ2v) is 7.90. The highest BCUT2D eigenvalue weighted by molar-refractivity contribution is 6.34. The third-order valence-electron chi connectivity index (χ3n) is 5.42. The lowest BCUT2D eigenvalue weighted by Crippen LogP contribution is -2.40. The van der Waals surface area contributed by atoms with Gasteiger partial charge in [0.2, 0.25) is 0 Å². The van der Waals surface area contributed by atoms with Crippen molar-refractivity contribution in [2.75, 3.05) is 11.9 Å². The van der Waals surface area contributed by atoms with Gasteiger partial charge in [-0.25, -0.2) is 0 Å². The molecule has 0 radical (unpaired) electrons. The standard InChI is InChI=1S/C20H24ClNO4/c1-11-6-12(2)18(16(21)7-11)22-17(23)10-26-20(25)15-8-13-4-3-5-14(9-15)19(13)24/h6-7,13-15H,3-5,8-10H2,1-2H3,(H,22,23)/t13-,14-/m1/s1. The van der Waals surface area contributed by atoms with Crippen LogP contribution < -0.4 is 5.32 Å². The van der Waals surface area contributed by atoms with E-state index in [-0.39, 0.29) is 30.3 Å². The van der Waals surface area contributed by atoms with Gasteiger partial charge in [0, 0.05) is 11.8 Å². The first-order chi connectivity index (χ1) is 12.3. The van der Waals surface area contributed by atoms with Crippen LogP contribution in [0.2, 0.25) is 5.02 Å². The zero-order valence-electron chi connectivity index (χ0n) is 15.1. The molecule has 1 amide bonds. The van der Waals surface area contributed by atoms with Crippen molar-refractivity contribution in [3.05, 3.63) is 28.3 Å². The zero-order valence-corrected chi connectivity index (χ0v) is 15.9. The summed E-state index contributed by atoms with van der Waals surface area (Å²) in [5.74, 6) is -0.788. The van der Waals surface area contributed by atoms with Gasteiger partial charge in [-0.05, 0) is 56.7 Å². The van der Waals surface area contributed by atoms with E-state index < -0.39 is 5.91 Å². The molecule has 6 heteroatoms. The molecule has 0 saturated heterocycles. The minimum absolute atomic E-state index is 0.0112. The number of carbonyl (C=O) groups excluding carboxylic acids is 3. The number of amides is 1. The first kappa shape index (κ1) is 18.9. The fourth-order valence-corrected chi connectivity index (χ4v) is 4.54. The Balaban J connectivity index is 1.53. The smallest absolute Gasteiger partial charge is 0.309 e. The maximum atomic E-state index is 12.3. The summed E-state index contributed by atoms with van der Waals surface area (Å²) in [5, 5.41) is 3.17. The van der Waals surface area contributed by atoms with E-state index in [4.69, 9.17) is 16.3 Å². The Morgan fingerprint density at radius 3 is 2.46 bits per heavy atom. The number of Topliss-reactive ketones (excluding diaryl/α,β-unsaturated/α-hetero) is 1. The van der Waals surface area contributed by atoms with Crippen LogP contribution in [0.15, 0.2) is 12.1 Å². The second-order valence-electron chi connectivity index (χ2n) is 7.49. The van der Waals surface area contributed by atoms with E-state index in [1.54, 1.807) is 6.07 Å². The number of esters is 1. The third kappa shape index (κ3) is 4.09. The molecule has 1 aromatic rings. The quantitative estimate of drug-likeness (QED) is 0.809. The van der Waals surface area contributed by atoms with E-state index in [0.29, 0.717) is 29.3 Å². The van der Waals surface area contributed by atoms with E-state index >= 15 is 0 Å². The maximum Gasteiger partial charge on any atom is 0.309 e. The first-order valence-corrected chi connectivity index (χ1v) is 9.50. The highest BCUT2D eigenvalue weighted by atomic mass is 35.5. The number of carbonyl (C=O) groups is 3. The van der Waals surface area contributed by atoms with Gasteiger partial charge in [0.25, 0.3) is 5.91 Å². The minimum atomic E-state index is -0.417. The predicted molar refractivity (Wildman–Crippen MR) is 99.1 cm³/mol. The Hall–Kier alpha value is -1.88. The van der Waals surface area contributed by atoms with Crippen LogP contribution in [-0.4, -0.2) is 24.3 Å². The number of rotatable bonds is 4. The van der Waals surface area contributed by atoms with E-state index in [1.807, 2.05) is 19.9 Å². The van der Waals surface area contributed by atoms with Gasteiger partial charge in [0.1, 0.15) is 5.78 Å². The molecule has 1 aromatic carbocycles. The number of ketones is 1. The Kier molecular flexibility index (Phi) is 5.66. The van der Waals surface area contributed by atoms with Gasteiger partial charge in [-0.1, -0.05) is 24.1 Å². The van der Waals surface area contributed by atoms with Crippen molar-refractivity contribution in [1.29, 1.82) is 0 Å². The SMILES string of the molecule is Cc1cc(C)c(NC(=O)COC(=O)C2C[C@H]3CCC[C@H](C2)C3=O)c(Cl)c1. The molecule has 5 nitrogen and oxygen atoms in total. The van der Waals surface area contributed by atoms with Crippen LogP contribution in [0, 0.1) is 31.6 Å². The summed E-state index contributed by atoms with van der Waals surface area (Å²) < 4.78 is 5.21. The number of benzene rings is 1. The lowest BCUT2D eigenvalue weighted by molar-refractivity contribution is -0.155. The van der Waals surface area contributed by atoms with Gasteiger partial charge in [0.05, 0.1) is 16.6 Å². The average Bonchev–Trinajstić information content (AvgIpc) is 2.55. The van der Waals surface area contributed by atoms with Gasteiger partial charge in [-0.15, -0.1) is 0 Å². The van der Waals surface area contributed by atoms with E-state index in [2.05, 4.69) is 5.32 Å². The average molecular weight is 378 g/mol. The molecule has 2 saturated carbocycles. The molecule has 0 spiro atoms. The van der Waals surface area contributed by atoms with Crippen molar-refractivity contribution >= 4 is 34.9 Å². The van der Waals surface area contributed by atoms with E-state index in [1.165, 1.54) is 0 Å². The van der Waals surface area contributed by atoms with Crippen molar-refractivity contribution in [3.63, 3.8) is 0 Å². The molecule has 2 aliphatic rings. The Morgan fingerprint density at radius 1 is 1.19 bits per heavy atom. The summed E-state index contributed by atoms with van der Waals surface area (Å²) in [7, 11) is 0. The zero-order chi connectivity index (χ0) is 18.8. The van der Waals surface area contributed by atoms with Crippen LogP contribution in [-0.2, 0) is 19.1 Å². The first-order valence-electron chi connectivity index (χ1n) is 9.12. The highest BCUT2D eigenvalue weighted by Gasteiger charge is 2.41. The summed E-state index contributed by atoms with van der Waals surface area (Å²) >= 11 is 6.18. The molecule has 2 aliphatic carbocycles. The number of ether oxygens (including phenoxy) is 1. The maximum absolute atomic E-state index is 12.3. The number of halogens is 1. The Labute approximate surface area is 158 Å². The normalized spacial score (nSPS) is 24.9. The van der Waals surface area contributed by atoms with Crippen LogP contribution in [0.3, 0.4) is 0 Å². The number of aryl methyl sites for hydroxylation is 2. The highest BCUT2D eigenvalue weighted by Crippen LogP contribution is 2.40. The van der Waals surface area contributed by atoms with Crippen molar-refractivity contribution in [3.8, 4) is 0 Å². The van der Waals surface area contributed by atoms with E-state index in [0.717, 1.165) is 30.4 Å². The summed E-state index contributed by atoms with van der Waals surface area (Å²) in [4.78, 5) is 36.6. The summed E-state index contributed by atoms with van der Waals surface area (Å²) in [5.41, 5.74) is 2.40. The van der Waals surface area contributed by atoms with Crippen molar-refractivity contribution in [1.82, 2.24) is 0 Å². The molecule has 0 unspecified atom stereocenters. The summed E-state index contributed by atoms with van der Waals surface area (Å²) in [6, 6.07) is 3.69.